The molecule has 0 aliphatic carbocycles. The maximum absolute atomic E-state index is 9.28. The van der Waals surface area contributed by atoms with Crippen molar-refractivity contribution < 1.29 is 5.11 Å². The summed E-state index contributed by atoms with van der Waals surface area (Å²) in [5.74, 6) is 0.245. The first-order valence-corrected chi connectivity index (χ1v) is 7.10. The fraction of sp³-hybridized carbons (Fsp3) is 0. The Balaban J connectivity index is 1.80. The number of nitrogens with zero attached hydrogens (tertiary/aromatic N) is 2. The van der Waals surface area contributed by atoms with Gasteiger partial charge in [-0.3, -0.25) is 0 Å². The summed E-state index contributed by atoms with van der Waals surface area (Å²) in [6, 6.07) is 10.5. The Morgan fingerprint density at radius 3 is 2.60 bits per heavy atom. The Kier molecular flexibility index (Phi) is 3.54. The minimum atomic E-state index is 0.245. The molecule has 0 amide bonds. The zero-order valence-electron chi connectivity index (χ0n) is 10.2. The molecule has 100 valence electrons. The van der Waals surface area contributed by atoms with E-state index in [1.165, 1.54) is 11.3 Å². The van der Waals surface area contributed by atoms with Crippen LogP contribution in [0.25, 0.3) is 11.3 Å². The predicted molar refractivity (Wildman–Crippen MR) is 81.7 cm³/mol. The summed E-state index contributed by atoms with van der Waals surface area (Å²) < 4.78 is 0. The van der Waals surface area contributed by atoms with E-state index in [0.29, 0.717) is 5.15 Å². The normalized spacial score (nSPS) is 10.4. The molecule has 0 unspecified atom stereocenters. The second kappa shape index (κ2) is 5.48. The zero-order chi connectivity index (χ0) is 13.9. The minimum Gasteiger partial charge on any atom is -0.508 e. The fourth-order valence-corrected chi connectivity index (χ4v) is 2.52. The van der Waals surface area contributed by atoms with Crippen molar-refractivity contribution in [2.75, 3.05) is 5.32 Å². The summed E-state index contributed by atoms with van der Waals surface area (Å²) in [7, 11) is 0. The van der Waals surface area contributed by atoms with Crippen LogP contribution in [0.15, 0.2) is 48.0 Å². The number of halogens is 1. The van der Waals surface area contributed by atoms with Crippen molar-refractivity contribution in [2.24, 2.45) is 0 Å². The molecule has 0 aliphatic rings. The number of aromatic hydroxyl groups is 1. The van der Waals surface area contributed by atoms with Crippen LogP contribution in [0.3, 0.4) is 0 Å². The van der Waals surface area contributed by atoms with Crippen LogP contribution in [-0.2, 0) is 0 Å². The molecule has 2 heterocycles. The van der Waals surface area contributed by atoms with Gasteiger partial charge in [-0.05, 0) is 36.4 Å². The number of thiazole rings is 1. The van der Waals surface area contributed by atoms with Crippen LogP contribution in [0.5, 0.6) is 5.75 Å². The van der Waals surface area contributed by atoms with E-state index in [-0.39, 0.29) is 5.75 Å². The number of anilines is 2. The predicted octanol–water partition coefficient (Wildman–Crippen LogP) is 4.31. The number of phenols is 1. The largest absolute Gasteiger partial charge is 0.508 e. The van der Waals surface area contributed by atoms with Crippen molar-refractivity contribution in [2.45, 2.75) is 0 Å². The second-order valence-electron chi connectivity index (χ2n) is 4.08. The zero-order valence-corrected chi connectivity index (χ0v) is 11.8. The van der Waals surface area contributed by atoms with Crippen LogP contribution in [0.1, 0.15) is 0 Å². The quantitative estimate of drug-likeness (QED) is 0.708. The molecule has 20 heavy (non-hydrogen) atoms. The van der Waals surface area contributed by atoms with Gasteiger partial charge in [0.15, 0.2) is 5.13 Å². The van der Waals surface area contributed by atoms with E-state index in [4.69, 9.17) is 11.6 Å². The number of phenolic OH excluding ortho intramolecular Hbond substituents is 1. The Hall–Kier alpha value is -2.11. The molecular weight excluding hydrogens is 294 g/mol. The number of rotatable bonds is 3. The van der Waals surface area contributed by atoms with Crippen molar-refractivity contribution in [3.63, 3.8) is 0 Å². The fourth-order valence-electron chi connectivity index (χ4n) is 1.67. The Morgan fingerprint density at radius 2 is 1.90 bits per heavy atom. The van der Waals surface area contributed by atoms with Crippen LogP contribution in [0.2, 0.25) is 5.15 Å². The van der Waals surface area contributed by atoms with E-state index in [9.17, 15) is 5.11 Å². The van der Waals surface area contributed by atoms with Gasteiger partial charge in [-0.2, -0.15) is 0 Å². The molecule has 0 radical (unpaired) electrons. The number of benzene rings is 1. The van der Waals surface area contributed by atoms with Gasteiger partial charge < -0.3 is 10.4 Å². The number of nitrogens with one attached hydrogen (secondary N) is 1. The van der Waals surface area contributed by atoms with Gasteiger partial charge in [0, 0.05) is 10.9 Å². The number of pyridine rings is 1. The third kappa shape index (κ3) is 2.89. The number of hydrogen-bond acceptors (Lipinski definition) is 5. The van der Waals surface area contributed by atoms with E-state index in [0.717, 1.165) is 22.1 Å². The highest BCUT2D eigenvalue weighted by atomic mass is 35.5. The molecule has 0 saturated heterocycles. The lowest BCUT2D eigenvalue weighted by Gasteiger charge is -2.01. The van der Waals surface area contributed by atoms with Gasteiger partial charge >= 0.3 is 0 Å². The Bertz CT molecular complexity index is 710. The van der Waals surface area contributed by atoms with Crippen LogP contribution < -0.4 is 5.32 Å². The minimum absolute atomic E-state index is 0.245. The molecule has 4 nitrogen and oxygen atoms in total. The first-order chi connectivity index (χ1) is 9.70. The highest BCUT2D eigenvalue weighted by Crippen LogP contribution is 2.28. The van der Waals surface area contributed by atoms with Crippen molar-refractivity contribution in [1.29, 1.82) is 0 Å². The van der Waals surface area contributed by atoms with Crippen LogP contribution >= 0.6 is 22.9 Å². The topological polar surface area (TPSA) is 58.0 Å². The monoisotopic (exact) mass is 303 g/mol. The van der Waals surface area contributed by atoms with Crippen molar-refractivity contribution >= 4 is 33.8 Å². The van der Waals surface area contributed by atoms with Gasteiger partial charge in [-0.1, -0.05) is 11.6 Å². The molecule has 0 aliphatic heterocycles. The summed E-state index contributed by atoms with van der Waals surface area (Å²) in [5.41, 5.74) is 2.65. The standard InChI is InChI=1S/C14H10ClN3OS/c15-13-6-3-10(7-16-13)17-14-18-12(8-20-14)9-1-4-11(19)5-2-9/h1-8,19H,(H,17,18). The first kappa shape index (κ1) is 12.9. The third-order valence-electron chi connectivity index (χ3n) is 2.65. The summed E-state index contributed by atoms with van der Waals surface area (Å²) in [6.45, 7) is 0. The average molecular weight is 304 g/mol. The maximum atomic E-state index is 9.28. The van der Waals surface area contributed by atoms with Crippen LogP contribution in [-0.4, -0.2) is 15.1 Å². The number of hydrogen-bond donors (Lipinski definition) is 2. The summed E-state index contributed by atoms with van der Waals surface area (Å²) in [4.78, 5) is 8.49. The van der Waals surface area contributed by atoms with Gasteiger partial charge in [0.2, 0.25) is 0 Å². The second-order valence-corrected chi connectivity index (χ2v) is 5.32. The van der Waals surface area contributed by atoms with Crippen LogP contribution in [0.4, 0.5) is 10.8 Å². The molecule has 0 spiro atoms. The van der Waals surface area contributed by atoms with Crippen LogP contribution in [0, 0.1) is 0 Å². The molecule has 3 rings (SSSR count). The summed E-state index contributed by atoms with van der Waals surface area (Å²) >= 11 is 7.24. The molecule has 0 atom stereocenters. The third-order valence-corrected chi connectivity index (χ3v) is 3.63. The average Bonchev–Trinajstić information content (AvgIpc) is 2.91. The molecule has 2 N–H and O–H groups in total. The lowest BCUT2D eigenvalue weighted by molar-refractivity contribution is 0.475. The number of aromatic nitrogens is 2. The highest BCUT2D eigenvalue weighted by molar-refractivity contribution is 7.14. The van der Waals surface area contributed by atoms with Crippen molar-refractivity contribution in [1.82, 2.24) is 9.97 Å². The lowest BCUT2D eigenvalue weighted by Crippen LogP contribution is -1.90. The molecule has 0 bridgehead atoms. The molecule has 1 aromatic carbocycles. The SMILES string of the molecule is Oc1ccc(-c2csc(Nc3ccc(Cl)nc3)n2)cc1. The summed E-state index contributed by atoms with van der Waals surface area (Å²) in [6.07, 6.45) is 1.66. The van der Waals surface area contributed by atoms with Gasteiger partial charge in [0.25, 0.3) is 0 Å². The smallest absolute Gasteiger partial charge is 0.187 e. The molecule has 0 saturated carbocycles. The molecular formula is C14H10ClN3OS. The van der Waals surface area contributed by atoms with Gasteiger partial charge in [-0.15, -0.1) is 11.3 Å². The van der Waals surface area contributed by atoms with E-state index < -0.39 is 0 Å². The van der Waals surface area contributed by atoms with Gasteiger partial charge in [0.1, 0.15) is 10.9 Å². The van der Waals surface area contributed by atoms with E-state index in [1.807, 2.05) is 23.6 Å². The molecule has 0 fully saturated rings. The van der Waals surface area contributed by atoms with Crippen molar-refractivity contribution in [3.05, 3.63) is 53.1 Å². The molecule has 6 heteroatoms. The molecule has 3 aromatic rings. The summed E-state index contributed by atoms with van der Waals surface area (Å²) in [5, 5.41) is 15.6. The lowest BCUT2D eigenvalue weighted by atomic mass is 10.2. The van der Waals surface area contributed by atoms with Gasteiger partial charge in [0.05, 0.1) is 17.6 Å². The van der Waals surface area contributed by atoms with Crippen molar-refractivity contribution in [3.8, 4) is 17.0 Å². The molecule has 2 aromatic heterocycles. The van der Waals surface area contributed by atoms with Gasteiger partial charge in [-0.25, -0.2) is 9.97 Å². The Labute approximate surface area is 124 Å². The van der Waals surface area contributed by atoms with E-state index >= 15 is 0 Å². The van der Waals surface area contributed by atoms with E-state index in [2.05, 4.69) is 15.3 Å². The maximum Gasteiger partial charge on any atom is 0.187 e. The first-order valence-electron chi connectivity index (χ1n) is 5.84. The Morgan fingerprint density at radius 1 is 1.10 bits per heavy atom. The highest BCUT2D eigenvalue weighted by Gasteiger charge is 2.05. The van der Waals surface area contributed by atoms with E-state index in [1.54, 1.807) is 24.4 Å².